The first-order chi connectivity index (χ1) is 8.80. The summed E-state index contributed by atoms with van der Waals surface area (Å²) in [5.74, 6) is -0.735. The molecule has 0 unspecified atom stereocenters. The van der Waals surface area contributed by atoms with E-state index in [1.165, 1.54) is 18.2 Å². The van der Waals surface area contributed by atoms with Crippen molar-refractivity contribution < 1.29 is 12.8 Å². The molecule has 0 spiro atoms. The van der Waals surface area contributed by atoms with Gasteiger partial charge in [0.2, 0.25) is 10.0 Å². The van der Waals surface area contributed by atoms with Crippen molar-refractivity contribution in [3.63, 3.8) is 0 Å². The molecule has 0 heterocycles. The number of hydrogen-bond acceptors (Lipinski definition) is 3. The lowest BCUT2D eigenvalue weighted by Gasteiger charge is -2.29. The highest BCUT2D eigenvalue weighted by Gasteiger charge is 2.43. The van der Waals surface area contributed by atoms with Crippen LogP contribution in [0.2, 0.25) is 5.02 Å². The third kappa shape index (κ3) is 2.91. The lowest BCUT2D eigenvalue weighted by Crippen LogP contribution is -2.53. The van der Waals surface area contributed by atoms with E-state index in [0.29, 0.717) is 0 Å². The molecule has 0 aromatic heterocycles. The molecular weight excluding hydrogens is 291 g/mol. The minimum absolute atomic E-state index is 0.166. The van der Waals surface area contributed by atoms with E-state index in [-0.39, 0.29) is 17.5 Å². The largest absolute Gasteiger partial charge is 0.329 e. The Labute approximate surface area is 117 Å². The lowest BCUT2D eigenvalue weighted by atomic mass is 9.98. The second kappa shape index (κ2) is 5.01. The Kier molecular flexibility index (Phi) is 3.88. The summed E-state index contributed by atoms with van der Waals surface area (Å²) >= 11 is 5.61. The van der Waals surface area contributed by atoms with Crippen molar-refractivity contribution in [1.82, 2.24) is 4.72 Å². The summed E-state index contributed by atoms with van der Waals surface area (Å²) in [6.07, 6.45) is 1.85. The maximum Gasteiger partial charge on any atom is 0.244 e. The van der Waals surface area contributed by atoms with Crippen LogP contribution in [0, 0.1) is 11.7 Å². The lowest BCUT2D eigenvalue weighted by molar-refractivity contribution is 0.373. The van der Waals surface area contributed by atoms with Gasteiger partial charge in [0.05, 0.1) is 5.02 Å². The summed E-state index contributed by atoms with van der Waals surface area (Å²) in [6, 6.07) is 3.89. The number of sulfonamides is 1. The Balaban J connectivity index is 2.35. The zero-order valence-corrected chi connectivity index (χ0v) is 12.1. The molecule has 3 N–H and O–H groups in total. The highest BCUT2D eigenvalue weighted by molar-refractivity contribution is 7.89. The van der Waals surface area contributed by atoms with Gasteiger partial charge in [-0.15, -0.1) is 0 Å². The summed E-state index contributed by atoms with van der Waals surface area (Å²) in [5.41, 5.74) is 4.91. The van der Waals surface area contributed by atoms with Gasteiger partial charge in [-0.2, -0.15) is 0 Å². The van der Waals surface area contributed by atoms with Gasteiger partial charge in [-0.25, -0.2) is 17.5 Å². The van der Waals surface area contributed by atoms with E-state index in [9.17, 15) is 12.8 Å². The molecule has 0 saturated heterocycles. The first kappa shape index (κ1) is 14.7. The van der Waals surface area contributed by atoms with E-state index in [1.54, 1.807) is 6.92 Å². The predicted octanol–water partition coefficient (Wildman–Crippen LogP) is 1.88. The van der Waals surface area contributed by atoms with Crippen LogP contribution in [0.3, 0.4) is 0 Å². The summed E-state index contributed by atoms with van der Waals surface area (Å²) < 4.78 is 40.8. The van der Waals surface area contributed by atoms with Crippen LogP contribution in [0.25, 0.3) is 0 Å². The van der Waals surface area contributed by atoms with Crippen molar-refractivity contribution in [3.05, 3.63) is 29.0 Å². The second-order valence-electron chi connectivity index (χ2n) is 5.05. The maximum atomic E-state index is 13.8. The normalized spacial score (nSPS) is 19.2. The van der Waals surface area contributed by atoms with Gasteiger partial charge in [0.15, 0.2) is 5.82 Å². The van der Waals surface area contributed by atoms with Crippen molar-refractivity contribution in [2.45, 2.75) is 30.2 Å². The van der Waals surface area contributed by atoms with Crippen molar-refractivity contribution in [1.29, 1.82) is 0 Å². The first-order valence-corrected chi connectivity index (χ1v) is 7.84. The van der Waals surface area contributed by atoms with Gasteiger partial charge in [-0.1, -0.05) is 17.7 Å². The zero-order chi connectivity index (χ0) is 14.3. The molecular formula is C12H16ClFN2O2S. The minimum atomic E-state index is -3.98. The fourth-order valence-electron chi connectivity index (χ4n) is 2.07. The average molecular weight is 307 g/mol. The fourth-order valence-corrected chi connectivity index (χ4v) is 3.87. The molecule has 0 radical (unpaired) electrons. The van der Waals surface area contributed by atoms with Crippen LogP contribution in [0.4, 0.5) is 4.39 Å². The number of halogens is 2. The molecule has 2 rings (SSSR count). The molecule has 1 fully saturated rings. The Morgan fingerprint density at radius 2 is 2.16 bits per heavy atom. The van der Waals surface area contributed by atoms with E-state index >= 15 is 0 Å². The SMILES string of the molecule is C[C@@](CN)(NS(=O)(=O)c1cccc(Cl)c1F)C1CC1. The monoisotopic (exact) mass is 306 g/mol. The average Bonchev–Trinajstić information content (AvgIpc) is 3.16. The summed E-state index contributed by atoms with van der Waals surface area (Å²) in [6.45, 7) is 1.91. The number of benzene rings is 1. The quantitative estimate of drug-likeness (QED) is 0.872. The van der Waals surface area contributed by atoms with Crippen molar-refractivity contribution in [2.24, 2.45) is 11.7 Å². The smallest absolute Gasteiger partial charge is 0.244 e. The van der Waals surface area contributed by atoms with Crippen LogP contribution in [0.5, 0.6) is 0 Å². The van der Waals surface area contributed by atoms with E-state index in [4.69, 9.17) is 17.3 Å². The molecule has 1 aromatic rings. The van der Waals surface area contributed by atoms with Gasteiger partial charge in [0, 0.05) is 12.1 Å². The molecule has 4 nitrogen and oxygen atoms in total. The van der Waals surface area contributed by atoms with Crippen molar-refractivity contribution >= 4 is 21.6 Å². The molecule has 0 aliphatic heterocycles. The van der Waals surface area contributed by atoms with Gasteiger partial charge in [-0.3, -0.25) is 0 Å². The molecule has 19 heavy (non-hydrogen) atoms. The van der Waals surface area contributed by atoms with Crippen LogP contribution in [0.1, 0.15) is 19.8 Å². The Morgan fingerprint density at radius 1 is 1.53 bits per heavy atom. The van der Waals surface area contributed by atoms with Crippen LogP contribution < -0.4 is 10.5 Å². The first-order valence-electron chi connectivity index (χ1n) is 5.98. The standard InChI is InChI=1S/C12H16ClFN2O2S/c1-12(7-15,8-5-6-8)16-19(17,18)10-4-2-3-9(13)11(10)14/h2-4,8,16H,5-7,15H2,1H3/t12-/m0/s1. The molecule has 1 aromatic carbocycles. The molecule has 0 amide bonds. The van der Waals surface area contributed by atoms with Crippen molar-refractivity contribution in [2.75, 3.05) is 6.54 Å². The summed E-state index contributed by atoms with van der Waals surface area (Å²) in [4.78, 5) is -0.444. The Morgan fingerprint density at radius 3 is 2.68 bits per heavy atom. The molecule has 1 saturated carbocycles. The molecule has 1 aliphatic carbocycles. The fraction of sp³-hybridized carbons (Fsp3) is 0.500. The molecule has 0 bridgehead atoms. The van der Waals surface area contributed by atoms with Gasteiger partial charge in [0.1, 0.15) is 4.90 Å². The summed E-state index contributed by atoms with van der Waals surface area (Å²) in [5, 5.41) is -0.219. The van der Waals surface area contributed by atoms with Crippen LogP contribution in [-0.2, 0) is 10.0 Å². The van der Waals surface area contributed by atoms with E-state index < -0.39 is 26.3 Å². The second-order valence-corrected chi connectivity index (χ2v) is 7.11. The molecule has 7 heteroatoms. The highest BCUT2D eigenvalue weighted by Crippen LogP contribution is 2.40. The minimum Gasteiger partial charge on any atom is -0.329 e. The van der Waals surface area contributed by atoms with E-state index in [2.05, 4.69) is 4.72 Å². The van der Waals surface area contributed by atoms with Gasteiger partial charge >= 0.3 is 0 Å². The van der Waals surface area contributed by atoms with Crippen molar-refractivity contribution in [3.8, 4) is 0 Å². The van der Waals surface area contributed by atoms with Crippen LogP contribution in [0.15, 0.2) is 23.1 Å². The highest BCUT2D eigenvalue weighted by atomic mass is 35.5. The predicted molar refractivity (Wildman–Crippen MR) is 71.9 cm³/mol. The van der Waals surface area contributed by atoms with Crippen LogP contribution in [-0.4, -0.2) is 20.5 Å². The molecule has 106 valence electrons. The molecule has 1 atom stereocenters. The Bertz CT molecular complexity index is 589. The Hall–Kier alpha value is -0.690. The molecule has 1 aliphatic rings. The third-order valence-electron chi connectivity index (χ3n) is 3.48. The van der Waals surface area contributed by atoms with E-state index in [1.807, 2.05) is 0 Å². The zero-order valence-electron chi connectivity index (χ0n) is 10.5. The third-order valence-corrected chi connectivity index (χ3v) is 5.40. The van der Waals surface area contributed by atoms with Gasteiger partial charge in [-0.05, 0) is 37.8 Å². The number of rotatable bonds is 5. The van der Waals surface area contributed by atoms with E-state index in [0.717, 1.165) is 12.8 Å². The number of nitrogens with two attached hydrogens (primary N) is 1. The topological polar surface area (TPSA) is 72.2 Å². The summed E-state index contributed by atoms with van der Waals surface area (Å²) in [7, 11) is -3.98. The van der Waals surface area contributed by atoms with Gasteiger partial charge in [0.25, 0.3) is 0 Å². The number of hydrogen-bond donors (Lipinski definition) is 2. The number of nitrogens with one attached hydrogen (secondary N) is 1. The maximum absolute atomic E-state index is 13.8. The van der Waals surface area contributed by atoms with Gasteiger partial charge < -0.3 is 5.73 Å². The van der Waals surface area contributed by atoms with Crippen LogP contribution >= 0.6 is 11.6 Å².